The molecule has 1 N–H and O–H groups in total. The number of pyridine rings is 1. The van der Waals surface area contributed by atoms with E-state index in [0.29, 0.717) is 17.8 Å². The Kier molecular flexibility index (Phi) is 3.96. The first-order valence-electron chi connectivity index (χ1n) is 7.94. The van der Waals surface area contributed by atoms with E-state index in [9.17, 15) is 4.79 Å². The number of nitrogens with one attached hydrogen (secondary N) is 1. The van der Waals surface area contributed by atoms with Crippen molar-refractivity contribution in [3.63, 3.8) is 0 Å². The molecule has 0 spiro atoms. The van der Waals surface area contributed by atoms with Crippen LogP contribution < -0.4 is 5.32 Å². The molecule has 4 aromatic rings. The van der Waals surface area contributed by atoms with Crippen LogP contribution in [-0.2, 0) is 11.2 Å². The van der Waals surface area contributed by atoms with Gasteiger partial charge in [0.25, 0.3) is 0 Å². The summed E-state index contributed by atoms with van der Waals surface area (Å²) in [4.78, 5) is 12.9. The van der Waals surface area contributed by atoms with Crippen LogP contribution in [0.4, 0.5) is 5.69 Å². The van der Waals surface area contributed by atoms with Crippen molar-refractivity contribution in [2.45, 2.75) is 12.5 Å². The fourth-order valence-corrected chi connectivity index (χ4v) is 2.77. The number of aromatic nitrogens is 5. The van der Waals surface area contributed by atoms with Crippen LogP contribution in [0.5, 0.6) is 0 Å². The van der Waals surface area contributed by atoms with Gasteiger partial charge in [0.05, 0.1) is 0 Å². The maximum absolute atomic E-state index is 12.9. The second-order valence-corrected chi connectivity index (χ2v) is 5.72. The van der Waals surface area contributed by atoms with Crippen LogP contribution in [0.1, 0.15) is 11.6 Å². The Hall–Kier alpha value is -3.48. The summed E-state index contributed by atoms with van der Waals surface area (Å²) in [6.45, 7) is 0. The number of carbonyl (C=O) groups excluding carboxylic acids is 1. The molecule has 4 rings (SSSR count). The van der Waals surface area contributed by atoms with E-state index in [1.54, 1.807) is 22.8 Å². The van der Waals surface area contributed by atoms with E-state index in [4.69, 9.17) is 0 Å². The van der Waals surface area contributed by atoms with Gasteiger partial charge in [0, 0.05) is 36.8 Å². The molecule has 0 bridgehead atoms. The number of carbonyl (C=O) groups is 1. The Morgan fingerprint density at radius 1 is 1.04 bits per heavy atom. The van der Waals surface area contributed by atoms with Gasteiger partial charge in [-0.1, -0.05) is 30.3 Å². The van der Waals surface area contributed by atoms with E-state index < -0.39 is 0 Å². The number of rotatable bonds is 5. The Morgan fingerprint density at radius 2 is 1.84 bits per heavy atom. The lowest BCUT2D eigenvalue weighted by Crippen LogP contribution is -2.27. The van der Waals surface area contributed by atoms with Crippen molar-refractivity contribution in [2.24, 2.45) is 0 Å². The molecular weight excluding hydrogens is 316 g/mol. The van der Waals surface area contributed by atoms with Crippen LogP contribution in [0.25, 0.3) is 5.65 Å². The van der Waals surface area contributed by atoms with Crippen LogP contribution in [0.3, 0.4) is 0 Å². The Balaban J connectivity index is 1.58. The summed E-state index contributed by atoms with van der Waals surface area (Å²) in [5.74, 6) is -0.0862. The average Bonchev–Trinajstić information content (AvgIpc) is 3.31. The van der Waals surface area contributed by atoms with Crippen molar-refractivity contribution in [3.05, 3.63) is 78.8 Å². The highest BCUT2D eigenvalue weighted by Crippen LogP contribution is 2.18. The lowest BCUT2D eigenvalue weighted by molar-refractivity contribution is -0.119. The molecule has 0 aliphatic rings. The first-order chi connectivity index (χ1) is 12.3. The molecule has 3 heterocycles. The summed E-state index contributed by atoms with van der Waals surface area (Å²) < 4.78 is 3.46. The van der Waals surface area contributed by atoms with E-state index in [1.807, 2.05) is 59.4 Å². The number of hydrogen-bond acceptors (Lipinski definition) is 4. The van der Waals surface area contributed by atoms with Crippen LogP contribution in [-0.4, -0.2) is 30.5 Å². The molecule has 0 fully saturated rings. The summed E-state index contributed by atoms with van der Waals surface area (Å²) in [5.41, 5.74) is 2.35. The smallest absolute Gasteiger partial charge is 0.247 e. The molecule has 0 radical (unpaired) electrons. The summed E-state index contributed by atoms with van der Waals surface area (Å²) in [5, 5.41) is 14.3. The number of amides is 1. The van der Waals surface area contributed by atoms with Crippen molar-refractivity contribution in [2.75, 3.05) is 5.32 Å². The third kappa shape index (κ3) is 3.25. The second-order valence-electron chi connectivity index (χ2n) is 5.72. The van der Waals surface area contributed by atoms with E-state index in [2.05, 4.69) is 20.8 Å². The van der Waals surface area contributed by atoms with Crippen LogP contribution in [0.2, 0.25) is 0 Å². The highest BCUT2D eigenvalue weighted by molar-refractivity contribution is 5.94. The van der Waals surface area contributed by atoms with E-state index in [1.165, 1.54) is 0 Å². The van der Waals surface area contributed by atoms with Gasteiger partial charge in [0.1, 0.15) is 6.04 Å². The molecule has 1 atom stereocenters. The Labute approximate surface area is 143 Å². The molecule has 7 nitrogen and oxygen atoms in total. The molecule has 25 heavy (non-hydrogen) atoms. The molecule has 124 valence electrons. The molecule has 7 heteroatoms. The minimum atomic E-state index is -0.343. The first-order valence-corrected chi connectivity index (χ1v) is 7.94. The quantitative estimate of drug-likeness (QED) is 0.608. The van der Waals surface area contributed by atoms with Gasteiger partial charge in [0.15, 0.2) is 5.65 Å². The molecule has 0 saturated carbocycles. The van der Waals surface area contributed by atoms with Gasteiger partial charge in [-0.2, -0.15) is 0 Å². The fraction of sp³-hybridized carbons (Fsp3) is 0.111. The van der Waals surface area contributed by atoms with Crippen molar-refractivity contribution >= 4 is 17.2 Å². The Bertz CT molecular complexity index is 977. The zero-order valence-corrected chi connectivity index (χ0v) is 13.4. The topological polar surface area (TPSA) is 77.1 Å². The van der Waals surface area contributed by atoms with Gasteiger partial charge in [-0.15, -0.1) is 5.10 Å². The van der Waals surface area contributed by atoms with Gasteiger partial charge in [-0.3, -0.25) is 4.79 Å². The summed E-state index contributed by atoms with van der Waals surface area (Å²) in [6, 6.07) is 17.0. The zero-order valence-electron chi connectivity index (χ0n) is 13.4. The minimum absolute atomic E-state index is 0.0862. The van der Waals surface area contributed by atoms with E-state index in [-0.39, 0.29) is 11.9 Å². The lowest BCUT2D eigenvalue weighted by atomic mass is 10.1. The SMILES string of the molecule is O=C(Nc1ccn2nnnc2c1)C(Cc1ccccc1)n1cccc1. The second kappa shape index (κ2) is 6.56. The molecule has 1 aromatic carbocycles. The monoisotopic (exact) mass is 332 g/mol. The fourth-order valence-electron chi connectivity index (χ4n) is 2.77. The zero-order chi connectivity index (χ0) is 17.1. The number of hydrogen-bond donors (Lipinski definition) is 1. The molecule has 0 aliphatic heterocycles. The standard InChI is InChI=1S/C18H16N6O/c25-18(19-15-8-11-24-17(13-15)20-21-22-24)16(23-9-4-5-10-23)12-14-6-2-1-3-7-14/h1-11,13,16H,12H2,(H,19,25). The average molecular weight is 332 g/mol. The lowest BCUT2D eigenvalue weighted by Gasteiger charge is -2.19. The van der Waals surface area contributed by atoms with Crippen molar-refractivity contribution in [1.82, 2.24) is 24.6 Å². The van der Waals surface area contributed by atoms with Crippen LogP contribution in [0.15, 0.2) is 73.2 Å². The van der Waals surface area contributed by atoms with Gasteiger partial charge >= 0.3 is 0 Å². The van der Waals surface area contributed by atoms with Gasteiger partial charge in [-0.05, 0) is 34.2 Å². The first kappa shape index (κ1) is 15.1. The van der Waals surface area contributed by atoms with Crippen LogP contribution in [0, 0.1) is 0 Å². The third-order valence-corrected chi connectivity index (χ3v) is 4.03. The number of tetrazole rings is 1. The summed E-state index contributed by atoms with van der Waals surface area (Å²) in [6.07, 6.45) is 6.13. The predicted molar refractivity (Wildman–Crippen MR) is 93.0 cm³/mol. The van der Waals surface area contributed by atoms with E-state index in [0.717, 1.165) is 5.56 Å². The van der Waals surface area contributed by atoms with Gasteiger partial charge < -0.3 is 9.88 Å². The molecule has 1 unspecified atom stereocenters. The molecule has 0 aliphatic carbocycles. The number of fused-ring (bicyclic) bond motifs is 1. The number of benzene rings is 1. The van der Waals surface area contributed by atoms with E-state index >= 15 is 0 Å². The van der Waals surface area contributed by atoms with Crippen LogP contribution >= 0.6 is 0 Å². The molecular formula is C18H16N6O. The van der Waals surface area contributed by atoms with Crippen molar-refractivity contribution in [1.29, 1.82) is 0 Å². The largest absolute Gasteiger partial charge is 0.342 e. The normalized spacial score (nSPS) is 12.2. The highest BCUT2D eigenvalue weighted by atomic mass is 16.2. The van der Waals surface area contributed by atoms with Gasteiger partial charge in [0.2, 0.25) is 5.91 Å². The Morgan fingerprint density at radius 3 is 2.64 bits per heavy atom. The molecule has 0 saturated heterocycles. The van der Waals surface area contributed by atoms with Gasteiger partial charge in [-0.25, -0.2) is 4.52 Å². The van der Waals surface area contributed by atoms with Crippen molar-refractivity contribution in [3.8, 4) is 0 Å². The van der Waals surface area contributed by atoms with Crippen molar-refractivity contribution < 1.29 is 4.79 Å². The highest BCUT2D eigenvalue weighted by Gasteiger charge is 2.20. The minimum Gasteiger partial charge on any atom is -0.342 e. The maximum Gasteiger partial charge on any atom is 0.247 e. The summed E-state index contributed by atoms with van der Waals surface area (Å²) in [7, 11) is 0. The number of anilines is 1. The molecule has 1 amide bonds. The summed E-state index contributed by atoms with van der Waals surface area (Å²) >= 11 is 0. The number of nitrogens with zero attached hydrogens (tertiary/aromatic N) is 5. The third-order valence-electron chi connectivity index (χ3n) is 4.03. The maximum atomic E-state index is 12.9. The molecule has 3 aromatic heterocycles. The predicted octanol–water partition coefficient (Wildman–Crippen LogP) is 2.35.